The number of hydrazine groups is 1. The van der Waals surface area contributed by atoms with E-state index in [-0.39, 0.29) is 0 Å². The van der Waals surface area contributed by atoms with E-state index in [0.717, 1.165) is 19.0 Å². The highest BCUT2D eigenvalue weighted by atomic mass is 15.3. The molecule has 88 valence electrons. The minimum Gasteiger partial charge on any atom is -0.356 e. The van der Waals surface area contributed by atoms with Gasteiger partial charge in [0, 0.05) is 13.1 Å². The summed E-state index contributed by atoms with van der Waals surface area (Å²) >= 11 is 0. The van der Waals surface area contributed by atoms with Crippen molar-refractivity contribution in [1.29, 1.82) is 0 Å². The van der Waals surface area contributed by atoms with Crippen LogP contribution in [0.3, 0.4) is 0 Å². The van der Waals surface area contributed by atoms with Gasteiger partial charge >= 0.3 is 0 Å². The van der Waals surface area contributed by atoms with Crippen LogP contribution in [-0.2, 0) is 0 Å². The fourth-order valence-electron chi connectivity index (χ4n) is 2.32. The van der Waals surface area contributed by atoms with Crippen LogP contribution in [0.4, 0.5) is 0 Å². The van der Waals surface area contributed by atoms with Gasteiger partial charge in [0.05, 0.1) is 0 Å². The standard InChI is InChI=1S/C11H24N4/c1-3-11(7-5-6-8-11)9-14-10(15-12)13-4-2/h3-9,12H2,1-2H3,(H2,13,14,15). The Kier molecular flexibility index (Phi) is 4.88. The van der Waals surface area contributed by atoms with E-state index in [1.807, 2.05) is 6.92 Å². The number of guanidine groups is 1. The maximum atomic E-state index is 5.38. The molecule has 0 aliphatic heterocycles. The molecule has 15 heavy (non-hydrogen) atoms. The van der Waals surface area contributed by atoms with E-state index >= 15 is 0 Å². The van der Waals surface area contributed by atoms with E-state index in [1.165, 1.54) is 32.1 Å². The first-order valence-corrected chi connectivity index (χ1v) is 6.01. The second kappa shape index (κ2) is 5.95. The van der Waals surface area contributed by atoms with Crippen LogP contribution in [0.25, 0.3) is 0 Å². The van der Waals surface area contributed by atoms with Gasteiger partial charge in [-0.2, -0.15) is 0 Å². The molecule has 1 fully saturated rings. The van der Waals surface area contributed by atoms with Crippen LogP contribution in [0, 0.1) is 5.41 Å². The van der Waals surface area contributed by atoms with Gasteiger partial charge in [-0.05, 0) is 31.6 Å². The van der Waals surface area contributed by atoms with Crippen LogP contribution < -0.4 is 16.6 Å². The molecule has 4 nitrogen and oxygen atoms in total. The second-order valence-corrected chi connectivity index (χ2v) is 4.40. The van der Waals surface area contributed by atoms with Gasteiger partial charge in [-0.3, -0.25) is 10.4 Å². The zero-order valence-electron chi connectivity index (χ0n) is 9.97. The molecule has 1 aliphatic rings. The molecule has 1 aliphatic carbocycles. The Bertz CT molecular complexity index is 207. The lowest BCUT2D eigenvalue weighted by molar-refractivity contribution is 0.297. The summed E-state index contributed by atoms with van der Waals surface area (Å²) in [5.41, 5.74) is 3.05. The lowest BCUT2D eigenvalue weighted by Gasteiger charge is -2.25. The quantitative estimate of drug-likeness (QED) is 0.285. The van der Waals surface area contributed by atoms with Gasteiger partial charge in [-0.1, -0.05) is 19.8 Å². The van der Waals surface area contributed by atoms with Crippen LogP contribution in [0.1, 0.15) is 46.0 Å². The molecule has 0 amide bonds. The normalized spacial score (nSPS) is 20.3. The topological polar surface area (TPSA) is 62.4 Å². The summed E-state index contributed by atoms with van der Waals surface area (Å²) in [4.78, 5) is 4.53. The number of aliphatic imine (C=N–C) groups is 1. The number of nitrogens with zero attached hydrogens (tertiary/aromatic N) is 1. The van der Waals surface area contributed by atoms with Crippen molar-refractivity contribution in [2.75, 3.05) is 13.1 Å². The molecule has 0 aromatic rings. The Morgan fingerprint density at radius 1 is 1.33 bits per heavy atom. The van der Waals surface area contributed by atoms with E-state index in [0.29, 0.717) is 5.41 Å². The molecule has 1 saturated carbocycles. The van der Waals surface area contributed by atoms with Crippen molar-refractivity contribution in [1.82, 2.24) is 10.7 Å². The number of nitrogens with one attached hydrogen (secondary N) is 2. The molecule has 0 aromatic carbocycles. The third-order valence-electron chi connectivity index (χ3n) is 3.47. The van der Waals surface area contributed by atoms with Gasteiger partial charge in [0.2, 0.25) is 5.96 Å². The van der Waals surface area contributed by atoms with Gasteiger partial charge in [0.15, 0.2) is 0 Å². The van der Waals surface area contributed by atoms with Crippen molar-refractivity contribution < 1.29 is 0 Å². The summed E-state index contributed by atoms with van der Waals surface area (Å²) in [6.07, 6.45) is 6.57. The van der Waals surface area contributed by atoms with Crippen molar-refractivity contribution in [2.45, 2.75) is 46.0 Å². The molecule has 0 saturated heterocycles. The summed E-state index contributed by atoms with van der Waals surface area (Å²) in [5, 5.41) is 3.11. The van der Waals surface area contributed by atoms with Gasteiger partial charge in [0.1, 0.15) is 0 Å². The Morgan fingerprint density at radius 2 is 2.00 bits per heavy atom. The molecule has 0 heterocycles. The van der Waals surface area contributed by atoms with Crippen LogP contribution in [0.15, 0.2) is 4.99 Å². The van der Waals surface area contributed by atoms with Crippen molar-refractivity contribution in [3.05, 3.63) is 0 Å². The number of hydrogen-bond donors (Lipinski definition) is 3. The van der Waals surface area contributed by atoms with Crippen LogP contribution >= 0.6 is 0 Å². The fraction of sp³-hybridized carbons (Fsp3) is 0.909. The average Bonchev–Trinajstić information content (AvgIpc) is 2.73. The Balaban J connectivity index is 2.50. The Morgan fingerprint density at radius 3 is 2.47 bits per heavy atom. The number of nitrogens with two attached hydrogens (primary N) is 1. The third kappa shape index (κ3) is 3.38. The van der Waals surface area contributed by atoms with Gasteiger partial charge in [-0.25, -0.2) is 5.84 Å². The van der Waals surface area contributed by atoms with Gasteiger partial charge in [0.25, 0.3) is 0 Å². The molecule has 0 aromatic heterocycles. The van der Waals surface area contributed by atoms with Crippen LogP contribution in [0.5, 0.6) is 0 Å². The smallest absolute Gasteiger partial charge is 0.205 e. The summed E-state index contributed by atoms with van der Waals surface area (Å²) in [7, 11) is 0. The van der Waals surface area contributed by atoms with Gasteiger partial charge in [-0.15, -0.1) is 0 Å². The van der Waals surface area contributed by atoms with Crippen molar-refractivity contribution in [2.24, 2.45) is 16.3 Å². The van der Waals surface area contributed by atoms with Crippen molar-refractivity contribution >= 4 is 5.96 Å². The SMILES string of the molecule is CCNC(=NCC1(CC)CCCC1)NN. The lowest BCUT2D eigenvalue weighted by atomic mass is 9.84. The molecular formula is C11H24N4. The van der Waals surface area contributed by atoms with Crippen molar-refractivity contribution in [3.63, 3.8) is 0 Å². The number of rotatable bonds is 4. The lowest BCUT2D eigenvalue weighted by Crippen LogP contribution is -2.42. The summed E-state index contributed by atoms with van der Waals surface area (Å²) < 4.78 is 0. The maximum absolute atomic E-state index is 5.38. The summed E-state index contributed by atoms with van der Waals surface area (Å²) in [6.45, 7) is 6.06. The summed E-state index contributed by atoms with van der Waals surface area (Å²) in [6, 6.07) is 0. The van der Waals surface area contributed by atoms with E-state index in [4.69, 9.17) is 5.84 Å². The van der Waals surface area contributed by atoms with E-state index in [2.05, 4.69) is 22.7 Å². The highest BCUT2D eigenvalue weighted by molar-refractivity contribution is 5.79. The molecule has 4 heteroatoms. The molecule has 0 atom stereocenters. The number of hydrogen-bond acceptors (Lipinski definition) is 2. The fourth-order valence-corrected chi connectivity index (χ4v) is 2.32. The highest BCUT2D eigenvalue weighted by Crippen LogP contribution is 2.40. The summed E-state index contributed by atoms with van der Waals surface area (Å²) in [5.74, 6) is 6.10. The zero-order valence-corrected chi connectivity index (χ0v) is 9.97. The molecule has 0 radical (unpaired) electrons. The Labute approximate surface area is 92.7 Å². The first-order valence-electron chi connectivity index (χ1n) is 6.01. The van der Waals surface area contributed by atoms with E-state index < -0.39 is 0 Å². The monoisotopic (exact) mass is 212 g/mol. The average molecular weight is 212 g/mol. The molecule has 1 rings (SSSR count). The highest BCUT2D eigenvalue weighted by Gasteiger charge is 2.31. The first kappa shape index (κ1) is 12.3. The predicted molar refractivity (Wildman–Crippen MR) is 64.5 cm³/mol. The molecular weight excluding hydrogens is 188 g/mol. The molecule has 0 bridgehead atoms. The molecule has 4 N–H and O–H groups in total. The first-order chi connectivity index (χ1) is 7.26. The van der Waals surface area contributed by atoms with Gasteiger partial charge < -0.3 is 5.32 Å². The van der Waals surface area contributed by atoms with E-state index in [1.54, 1.807) is 0 Å². The zero-order chi connectivity index (χ0) is 11.1. The largest absolute Gasteiger partial charge is 0.356 e. The van der Waals surface area contributed by atoms with Crippen LogP contribution in [-0.4, -0.2) is 19.0 Å². The molecule has 0 unspecified atom stereocenters. The minimum atomic E-state index is 0.442. The Hall–Kier alpha value is -0.770. The second-order valence-electron chi connectivity index (χ2n) is 4.40. The van der Waals surface area contributed by atoms with Crippen LogP contribution in [0.2, 0.25) is 0 Å². The van der Waals surface area contributed by atoms with Crippen molar-refractivity contribution in [3.8, 4) is 0 Å². The van der Waals surface area contributed by atoms with E-state index in [9.17, 15) is 0 Å². The third-order valence-corrected chi connectivity index (χ3v) is 3.47. The maximum Gasteiger partial charge on any atom is 0.205 e. The molecule has 0 spiro atoms. The minimum absolute atomic E-state index is 0.442. The predicted octanol–water partition coefficient (Wildman–Crippen LogP) is 1.39.